The Morgan fingerprint density at radius 2 is 1.43 bits per heavy atom. The summed E-state index contributed by atoms with van der Waals surface area (Å²) in [5.74, 6) is 0. The van der Waals surface area contributed by atoms with Gasteiger partial charge in [-0.25, -0.2) is 24.8 Å². The van der Waals surface area contributed by atoms with E-state index < -0.39 is 0 Å². The van der Waals surface area contributed by atoms with Gasteiger partial charge < -0.3 is 0 Å². The fraction of sp³-hybridized carbons (Fsp3) is 0.111. The van der Waals surface area contributed by atoms with Crippen LogP contribution < -0.4 is 0 Å². The number of benzene rings is 1. The van der Waals surface area contributed by atoms with Crippen LogP contribution in [-0.2, 0) is 16.3 Å². The highest BCUT2D eigenvalue weighted by Crippen LogP contribution is 1.98. The van der Waals surface area contributed by atoms with E-state index in [1.807, 2.05) is 18.2 Å². The van der Waals surface area contributed by atoms with Crippen molar-refractivity contribution >= 4 is 12.2 Å². The third kappa shape index (κ3) is 12.6. The van der Waals surface area contributed by atoms with Gasteiger partial charge in [0.05, 0.1) is 0 Å². The van der Waals surface area contributed by atoms with Gasteiger partial charge in [0.25, 0.3) is 0 Å². The fourth-order valence-corrected chi connectivity index (χ4v) is 0.567. The lowest BCUT2D eigenvalue weighted by atomic mass is 10.2. The van der Waals surface area contributed by atoms with Crippen LogP contribution in [0.25, 0.3) is 0 Å². The molecule has 2 N–H and O–H groups in total. The average molecular weight is 196 g/mol. The maximum atomic E-state index is 11.7. The summed E-state index contributed by atoms with van der Waals surface area (Å²) < 4.78 is 11.7. The highest BCUT2D eigenvalue weighted by Gasteiger charge is 1.82. The first-order valence-electron chi connectivity index (χ1n) is 3.44. The summed E-state index contributed by atoms with van der Waals surface area (Å²) in [5, 5.41) is 10.8. The number of hydrogen-bond acceptors (Lipinski definition) is 4. The molecule has 74 valence electrons. The largest absolute Gasteiger partial charge is 0.246 e. The van der Waals surface area contributed by atoms with Gasteiger partial charge >= 0.3 is 0 Å². The van der Waals surface area contributed by atoms with Crippen molar-refractivity contribution in [3.63, 3.8) is 0 Å². The molecule has 0 saturated carbocycles. The molecule has 0 aliphatic heterocycles. The molecule has 1 rings (SSSR count). The molecule has 0 aromatic heterocycles. The Labute approximate surface area is 80.4 Å². The van der Waals surface area contributed by atoms with Crippen LogP contribution in [0.2, 0.25) is 0 Å². The fourth-order valence-electron chi connectivity index (χ4n) is 0.567. The maximum Gasteiger partial charge on any atom is 0.231 e. The van der Waals surface area contributed by atoms with E-state index in [4.69, 9.17) is 20.4 Å². The van der Waals surface area contributed by atoms with Gasteiger partial charge in [0, 0.05) is 0 Å². The SMILES string of the molecule is FCc1ccccc1.N=C=O.N=C=O. The van der Waals surface area contributed by atoms with Gasteiger partial charge in [-0.15, -0.1) is 0 Å². The number of alkyl halides is 1. The molecule has 1 aromatic rings. The lowest BCUT2D eigenvalue weighted by molar-refractivity contribution is 0.485. The number of halogens is 1. The van der Waals surface area contributed by atoms with Gasteiger partial charge in [0.1, 0.15) is 6.67 Å². The van der Waals surface area contributed by atoms with E-state index in [1.54, 1.807) is 12.1 Å². The van der Waals surface area contributed by atoms with Crippen LogP contribution in [0, 0.1) is 10.8 Å². The van der Waals surface area contributed by atoms with Gasteiger partial charge in [-0.2, -0.15) is 0 Å². The zero-order valence-electron chi connectivity index (χ0n) is 7.29. The van der Waals surface area contributed by atoms with Crippen LogP contribution in [0.5, 0.6) is 0 Å². The lowest BCUT2D eigenvalue weighted by Crippen LogP contribution is -1.72. The van der Waals surface area contributed by atoms with Gasteiger partial charge in [0.2, 0.25) is 12.2 Å². The number of carbonyl (C=O) groups excluding carboxylic acids is 2. The van der Waals surface area contributed by atoms with Crippen molar-refractivity contribution in [2.45, 2.75) is 6.67 Å². The van der Waals surface area contributed by atoms with Crippen LogP contribution in [0.3, 0.4) is 0 Å². The first-order chi connectivity index (χ1) is 6.76. The number of isocyanates is 2. The lowest BCUT2D eigenvalue weighted by Gasteiger charge is -1.87. The summed E-state index contributed by atoms with van der Waals surface area (Å²) in [7, 11) is 0. The average Bonchev–Trinajstić information content (AvgIpc) is 2.21. The standard InChI is InChI=1S/C7H7F.2CHNO/c8-6-7-4-2-1-3-5-7;2*2-1-3/h1-5H,6H2;2*2H. The van der Waals surface area contributed by atoms with Crippen molar-refractivity contribution in [3.05, 3.63) is 35.9 Å². The van der Waals surface area contributed by atoms with Crippen molar-refractivity contribution in [1.82, 2.24) is 0 Å². The molecule has 14 heavy (non-hydrogen) atoms. The molecule has 0 radical (unpaired) electrons. The third-order valence-corrected chi connectivity index (χ3v) is 0.997. The predicted octanol–water partition coefficient (Wildman–Crippen LogP) is 1.96. The quantitative estimate of drug-likeness (QED) is 0.531. The molecule has 0 heterocycles. The monoisotopic (exact) mass is 196 g/mol. The van der Waals surface area contributed by atoms with E-state index in [9.17, 15) is 4.39 Å². The molecule has 0 aliphatic rings. The van der Waals surface area contributed by atoms with E-state index in [1.165, 1.54) is 0 Å². The first-order valence-corrected chi connectivity index (χ1v) is 3.44. The molecule has 0 amide bonds. The molecule has 0 atom stereocenters. The van der Waals surface area contributed by atoms with E-state index in [0.29, 0.717) is 0 Å². The minimum absolute atomic E-state index is 0.360. The zero-order chi connectivity index (χ0) is 11.2. The molecule has 0 fully saturated rings. The second kappa shape index (κ2) is 13.5. The third-order valence-electron chi connectivity index (χ3n) is 0.997. The molecule has 0 bridgehead atoms. The van der Waals surface area contributed by atoms with Crippen LogP contribution in [0.1, 0.15) is 5.56 Å². The minimum atomic E-state index is -0.360. The second-order valence-electron chi connectivity index (χ2n) is 1.82. The van der Waals surface area contributed by atoms with Crippen LogP contribution in [-0.4, -0.2) is 12.2 Å². The molecule has 4 nitrogen and oxygen atoms in total. The summed E-state index contributed by atoms with van der Waals surface area (Å²) >= 11 is 0. The van der Waals surface area contributed by atoms with Crippen molar-refractivity contribution in [2.24, 2.45) is 0 Å². The molecular weight excluding hydrogens is 187 g/mol. The molecule has 0 aliphatic carbocycles. The molecule has 1 aromatic carbocycles. The Balaban J connectivity index is 0. The summed E-state index contributed by atoms with van der Waals surface area (Å²) in [6.45, 7) is -0.360. The smallest absolute Gasteiger partial charge is 0.231 e. The van der Waals surface area contributed by atoms with Crippen molar-refractivity contribution in [3.8, 4) is 0 Å². The summed E-state index contributed by atoms with van der Waals surface area (Å²) in [6.07, 6.45) is 1.50. The van der Waals surface area contributed by atoms with Gasteiger partial charge in [-0.05, 0) is 5.56 Å². The summed E-state index contributed by atoms with van der Waals surface area (Å²) in [5.41, 5.74) is 0.743. The van der Waals surface area contributed by atoms with E-state index >= 15 is 0 Å². The predicted molar refractivity (Wildman–Crippen MR) is 48.1 cm³/mol. The maximum absolute atomic E-state index is 11.7. The number of rotatable bonds is 1. The molecule has 0 saturated heterocycles. The number of hydrogen-bond donors (Lipinski definition) is 2. The molecule has 5 heteroatoms. The second-order valence-corrected chi connectivity index (χ2v) is 1.82. The Hall–Kier alpha value is -2.09. The van der Waals surface area contributed by atoms with E-state index in [0.717, 1.165) is 17.7 Å². The molecular formula is C9H9FN2O2. The van der Waals surface area contributed by atoms with E-state index in [2.05, 4.69) is 0 Å². The van der Waals surface area contributed by atoms with Crippen molar-refractivity contribution in [2.75, 3.05) is 0 Å². The van der Waals surface area contributed by atoms with Crippen LogP contribution in [0.15, 0.2) is 30.3 Å². The zero-order valence-corrected chi connectivity index (χ0v) is 7.29. The van der Waals surface area contributed by atoms with Crippen LogP contribution in [0.4, 0.5) is 4.39 Å². The summed E-state index contributed by atoms with van der Waals surface area (Å²) in [6, 6.07) is 9.06. The highest BCUT2D eigenvalue weighted by atomic mass is 19.1. The summed E-state index contributed by atoms with van der Waals surface area (Å²) in [4.78, 5) is 16.7. The Kier molecular flexibility index (Phi) is 13.9. The van der Waals surface area contributed by atoms with Crippen molar-refractivity contribution < 1.29 is 14.0 Å². The molecule has 0 spiro atoms. The van der Waals surface area contributed by atoms with Gasteiger partial charge in [0.15, 0.2) is 0 Å². The van der Waals surface area contributed by atoms with E-state index in [-0.39, 0.29) is 6.67 Å². The first kappa shape index (κ1) is 14.4. The Morgan fingerprint density at radius 3 is 1.64 bits per heavy atom. The number of nitrogens with one attached hydrogen (secondary N) is 2. The van der Waals surface area contributed by atoms with Gasteiger partial charge in [-0.3, -0.25) is 0 Å². The topological polar surface area (TPSA) is 81.8 Å². The van der Waals surface area contributed by atoms with Crippen molar-refractivity contribution in [1.29, 1.82) is 10.8 Å². The van der Waals surface area contributed by atoms with Gasteiger partial charge in [-0.1, -0.05) is 30.3 Å². The molecule has 0 unspecified atom stereocenters. The van der Waals surface area contributed by atoms with Crippen LogP contribution >= 0.6 is 0 Å². The minimum Gasteiger partial charge on any atom is -0.246 e. The normalized spacial score (nSPS) is 6.36. The Morgan fingerprint density at radius 1 is 1.07 bits per heavy atom. The Bertz CT molecular complexity index is 277. The highest BCUT2D eigenvalue weighted by molar-refractivity contribution is 5.26.